The van der Waals surface area contributed by atoms with E-state index < -0.39 is 6.04 Å². The number of benzene rings is 1. The van der Waals surface area contributed by atoms with Gasteiger partial charge in [-0.15, -0.1) is 0 Å². The topological polar surface area (TPSA) is 68.3 Å². The molecule has 196 valence electrons. The summed E-state index contributed by atoms with van der Waals surface area (Å²) in [6, 6.07) is 7.52. The van der Waals surface area contributed by atoms with Gasteiger partial charge in [0.05, 0.1) is 37.4 Å². The number of carbonyl (C=O) groups is 2. The van der Waals surface area contributed by atoms with Crippen molar-refractivity contribution in [2.75, 3.05) is 46.0 Å². The number of nitrogens with zero attached hydrogens (tertiary/aromatic N) is 2. The first kappa shape index (κ1) is 25.3. The molecule has 7 nitrogen and oxygen atoms in total. The molecular weight excluding hydrogens is 456 g/mol. The quantitative estimate of drug-likeness (QED) is 0.512. The maximum absolute atomic E-state index is 13.8. The summed E-state index contributed by atoms with van der Waals surface area (Å²) in [5, 5.41) is 0. The summed E-state index contributed by atoms with van der Waals surface area (Å²) in [6.07, 6.45) is 5.44. The zero-order valence-corrected chi connectivity index (χ0v) is 21.7. The Hall–Kier alpha value is -2.38. The van der Waals surface area contributed by atoms with E-state index in [-0.39, 0.29) is 23.7 Å². The van der Waals surface area contributed by atoms with Gasteiger partial charge in [-0.1, -0.05) is 32.4 Å². The molecule has 5 rings (SSSR count). The molecule has 1 saturated carbocycles. The first-order chi connectivity index (χ1) is 17.5. The Kier molecular flexibility index (Phi) is 7.96. The van der Waals surface area contributed by atoms with Crippen LogP contribution >= 0.6 is 0 Å². The highest BCUT2D eigenvalue weighted by atomic mass is 16.5. The predicted octanol–water partition coefficient (Wildman–Crippen LogP) is 4.13. The average Bonchev–Trinajstić information content (AvgIpc) is 3.16. The molecule has 0 N–H and O–H groups in total. The minimum atomic E-state index is -0.416. The molecule has 3 heterocycles. The van der Waals surface area contributed by atoms with Gasteiger partial charge >= 0.3 is 0 Å². The first-order valence-corrected chi connectivity index (χ1v) is 13.8. The van der Waals surface area contributed by atoms with Crippen LogP contribution in [-0.2, 0) is 19.1 Å². The van der Waals surface area contributed by atoms with E-state index in [1.165, 1.54) is 0 Å². The largest absolute Gasteiger partial charge is 0.494 e. The molecule has 3 atom stereocenters. The van der Waals surface area contributed by atoms with Gasteiger partial charge in [0.2, 0.25) is 0 Å². The summed E-state index contributed by atoms with van der Waals surface area (Å²) in [5.41, 5.74) is 1.49. The van der Waals surface area contributed by atoms with Crippen LogP contribution in [0.15, 0.2) is 35.6 Å². The fraction of sp³-hybridized carbons (Fsp3) is 0.655. The molecule has 4 aliphatic rings. The van der Waals surface area contributed by atoms with Gasteiger partial charge in [-0.3, -0.25) is 14.5 Å². The van der Waals surface area contributed by atoms with Crippen molar-refractivity contribution in [3.63, 3.8) is 0 Å². The number of amides is 1. The molecule has 3 aliphatic heterocycles. The molecule has 0 radical (unpaired) electrons. The number of hydrogen-bond donors (Lipinski definition) is 0. The van der Waals surface area contributed by atoms with E-state index in [0.29, 0.717) is 30.4 Å². The normalized spacial score (nSPS) is 26.8. The van der Waals surface area contributed by atoms with Crippen molar-refractivity contribution in [1.29, 1.82) is 0 Å². The fourth-order valence-corrected chi connectivity index (χ4v) is 5.95. The second-order valence-corrected chi connectivity index (χ2v) is 11.0. The van der Waals surface area contributed by atoms with E-state index in [2.05, 4.69) is 18.7 Å². The van der Waals surface area contributed by atoms with E-state index in [9.17, 15) is 9.59 Å². The van der Waals surface area contributed by atoms with Crippen LogP contribution in [0.4, 0.5) is 0 Å². The lowest BCUT2D eigenvalue weighted by molar-refractivity contribution is -0.135. The average molecular weight is 497 g/mol. The van der Waals surface area contributed by atoms with Crippen LogP contribution in [0.2, 0.25) is 0 Å². The standard InChI is InChI=1S/C29H40N2O5/c1-20(2)11-16-35-22-8-5-7-21(19-22)26-25-27(32)23-9-3-4-10-24(23)36-28(25)29(33)31(26)13-6-12-30-14-17-34-18-15-30/h5,7-8,19-20,23-24,26H,3-4,6,9-18H2,1-2H3. The van der Waals surface area contributed by atoms with Gasteiger partial charge < -0.3 is 19.1 Å². The summed E-state index contributed by atoms with van der Waals surface area (Å²) in [5.74, 6) is 1.48. The van der Waals surface area contributed by atoms with Crippen LogP contribution < -0.4 is 4.74 Å². The number of Topliss-reactive ketones (excluding diaryl/α,β-unsaturated/α-hetero) is 1. The molecule has 1 aromatic rings. The molecule has 0 spiro atoms. The Morgan fingerprint density at radius 1 is 1.08 bits per heavy atom. The number of hydrogen-bond acceptors (Lipinski definition) is 6. The second kappa shape index (κ2) is 11.3. The number of morpholine rings is 1. The van der Waals surface area contributed by atoms with E-state index in [0.717, 1.165) is 82.7 Å². The molecule has 1 saturated heterocycles. The van der Waals surface area contributed by atoms with Crippen LogP contribution in [0, 0.1) is 11.8 Å². The summed E-state index contributed by atoms with van der Waals surface area (Å²) in [6.45, 7) is 9.86. The zero-order chi connectivity index (χ0) is 25.1. The molecule has 1 amide bonds. The van der Waals surface area contributed by atoms with Gasteiger partial charge in [-0.25, -0.2) is 0 Å². The van der Waals surface area contributed by atoms with Crippen molar-refractivity contribution in [1.82, 2.24) is 9.80 Å². The van der Waals surface area contributed by atoms with Gasteiger partial charge in [0.25, 0.3) is 5.91 Å². The SMILES string of the molecule is CC(C)CCOc1cccc(C2C3=C(OC4CCCCC4C3=O)C(=O)N2CCCN2CCOCC2)c1. The molecule has 1 aliphatic carbocycles. The van der Waals surface area contributed by atoms with Crippen LogP contribution in [0.5, 0.6) is 5.75 Å². The lowest BCUT2D eigenvalue weighted by Crippen LogP contribution is -2.39. The number of ketones is 1. The monoisotopic (exact) mass is 496 g/mol. The molecule has 3 unspecified atom stereocenters. The van der Waals surface area contributed by atoms with Crippen molar-refractivity contribution in [2.24, 2.45) is 11.8 Å². The summed E-state index contributed by atoms with van der Waals surface area (Å²) in [4.78, 5) is 31.7. The highest BCUT2D eigenvalue weighted by Crippen LogP contribution is 2.47. The Morgan fingerprint density at radius 2 is 1.89 bits per heavy atom. The third-order valence-electron chi connectivity index (χ3n) is 7.97. The van der Waals surface area contributed by atoms with E-state index >= 15 is 0 Å². The maximum atomic E-state index is 13.8. The van der Waals surface area contributed by atoms with Gasteiger partial charge in [0.15, 0.2) is 11.5 Å². The minimum absolute atomic E-state index is 0.112. The smallest absolute Gasteiger partial charge is 0.290 e. The van der Waals surface area contributed by atoms with Gasteiger partial charge in [0, 0.05) is 26.2 Å². The van der Waals surface area contributed by atoms with Gasteiger partial charge in [-0.2, -0.15) is 0 Å². The lowest BCUT2D eigenvalue weighted by atomic mass is 9.77. The zero-order valence-electron chi connectivity index (χ0n) is 21.7. The summed E-state index contributed by atoms with van der Waals surface area (Å²) in [7, 11) is 0. The number of rotatable bonds is 9. The molecular formula is C29H40N2O5. The Balaban J connectivity index is 1.40. The van der Waals surface area contributed by atoms with Crippen LogP contribution in [-0.4, -0.2) is 73.6 Å². The molecule has 7 heteroatoms. The van der Waals surface area contributed by atoms with Crippen molar-refractivity contribution >= 4 is 11.7 Å². The second-order valence-electron chi connectivity index (χ2n) is 11.0. The summed E-state index contributed by atoms with van der Waals surface area (Å²) >= 11 is 0. The van der Waals surface area contributed by atoms with Crippen molar-refractivity contribution in [3.05, 3.63) is 41.2 Å². The third-order valence-corrected chi connectivity index (χ3v) is 7.97. The van der Waals surface area contributed by atoms with E-state index in [4.69, 9.17) is 14.2 Å². The van der Waals surface area contributed by atoms with Gasteiger partial charge in [0.1, 0.15) is 11.9 Å². The Morgan fingerprint density at radius 3 is 2.69 bits per heavy atom. The van der Waals surface area contributed by atoms with Crippen molar-refractivity contribution in [3.8, 4) is 5.75 Å². The van der Waals surface area contributed by atoms with Crippen LogP contribution in [0.25, 0.3) is 0 Å². The predicted molar refractivity (Wildman–Crippen MR) is 137 cm³/mol. The van der Waals surface area contributed by atoms with E-state index in [1.807, 2.05) is 29.2 Å². The first-order valence-electron chi connectivity index (χ1n) is 13.8. The fourth-order valence-electron chi connectivity index (χ4n) is 5.95. The molecule has 1 aromatic carbocycles. The van der Waals surface area contributed by atoms with Crippen molar-refractivity contribution < 1.29 is 23.8 Å². The Labute approximate surface area is 214 Å². The minimum Gasteiger partial charge on any atom is -0.494 e. The Bertz CT molecular complexity index is 984. The molecule has 36 heavy (non-hydrogen) atoms. The summed E-state index contributed by atoms with van der Waals surface area (Å²) < 4.78 is 17.8. The highest BCUT2D eigenvalue weighted by molar-refractivity contribution is 6.11. The molecule has 0 bridgehead atoms. The van der Waals surface area contributed by atoms with Gasteiger partial charge in [-0.05, 0) is 55.7 Å². The number of ether oxygens (including phenoxy) is 3. The van der Waals surface area contributed by atoms with E-state index in [1.54, 1.807) is 0 Å². The number of carbonyl (C=O) groups excluding carboxylic acids is 2. The molecule has 0 aromatic heterocycles. The highest BCUT2D eigenvalue weighted by Gasteiger charge is 2.51. The number of fused-ring (bicyclic) bond motifs is 1. The van der Waals surface area contributed by atoms with Crippen molar-refractivity contribution in [2.45, 2.75) is 64.5 Å². The van der Waals surface area contributed by atoms with Crippen LogP contribution in [0.1, 0.15) is 64.0 Å². The molecule has 2 fully saturated rings. The third kappa shape index (κ3) is 5.32. The van der Waals surface area contributed by atoms with Crippen LogP contribution in [0.3, 0.4) is 0 Å². The lowest BCUT2D eigenvalue weighted by Gasteiger charge is -2.35. The maximum Gasteiger partial charge on any atom is 0.290 e.